The van der Waals surface area contributed by atoms with Gasteiger partial charge in [0.05, 0.1) is 24.3 Å². The smallest absolute Gasteiger partial charge is 0.224 e. The van der Waals surface area contributed by atoms with E-state index in [4.69, 9.17) is 4.74 Å². The zero-order valence-electron chi connectivity index (χ0n) is 17.3. The van der Waals surface area contributed by atoms with Gasteiger partial charge in [-0.15, -0.1) is 0 Å². The van der Waals surface area contributed by atoms with Gasteiger partial charge in [-0.1, -0.05) is 24.3 Å². The number of fused-ring (bicyclic) bond motifs is 1. The number of rotatable bonds is 6. The van der Waals surface area contributed by atoms with Gasteiger partial charge in [0.25, 0.3) is 0 Å². The first kappa shape index (κ1) is 18.8. The molecular weight excluding hydrogens is 364 g/mol. The molecule has 3 aliphatic rings. The molecule has 0 radical (unpaired) electrons. The van der Waals surface area contributed by atoms with Crippen molar-refractivity contribution in [3.8, 4) is 0 Å². The summed E-state index contributed by atoms with van der Waals surface area (Å²) in [6.45, 7) is 5.75. The van der Waals surface area contributed by atoms with E-state index in [9.17, 15) is 4.79 Å². The van der Waals surface area contributed by atoms with Crippen LogP contribution in [0.1, 0.15) is 29.5 Å². The molecule has 1 N–H and O–H groups in total. The topological polar surface area (TPSA) is 59.4 Å². The van der Waals surface area contributed by atoms with Crippen molar-refractivity contribution in [2.75, 3.05) is 19.6 Å². The van der Waals surface area contributed by atoms with Crippen molar-refractivity contribution < 1.29 is 9.53 Å². The molecule has 0 saturated carbocycles. The first-order chi connectivity index (χ1) is 14.0. The highest BCUT2D eigenvalue weighted by atomic mass is 16.5. The molecule has 1 aromatic heterocycles. The Morgan fingerprint density at radius 3 is 3.03 bits per heavy atom. The number of likely N-dealkylation sites (tertiary alicyclic amines) is 1. The fourth-order valence-electron chi connectivity index (χ4n) is 5.77. The van der Waals surface area contributed by atoms with Gasteiger partial charge >= 0.3 is 0 Å². The van der Waals surface area contributed by atoms with Crippen LogP contribution in [0.25, 0.3) is 0 Å². The Bertz CT molecular complexity index is 910. The number of carbonyl (C=O) groups excluding carboxylic acids is 1. The van der Waals surface area contributed by atoms with Gasteiger partial charge in [0.2, 0.25) is 5.91 Å². The third-order valence-corrected chi connectivity index (χ3v) is 7.17. The molecular formula is C23H30N4O2. The molecule has 154 valence electrons. The molecule has 29 heavy (non-hydrogen) atoms. The number of aryl methyl sites for hydroxylation is 2. The molecule has 2 aromatic rings. The van der Waals surface area contributed by atoms with Crippen molar-refractivity contribution in [2.45, 2.75) is 44.4 Å². The summed E-state index contributed by atoms with van der Waals surface area (Å²) < 4.78 is 8.39. The van der Waals surface area contributed by atoms with E-state index in [0.29, 0.717) is 24.4 Å². The van der Waals surface area contributed by atoms with Crippen LogP contribution in [0.5, 0.6) is 0 Å². The van der Waals surface area contributed by atoms with E-state index < -0.39 is 0 Å². The van der Waals surface area contributed by atoms with Gasteiger partial charge in [-0.2, -0.15) is 5.10 Å². The van der Waals surface area contributed by atoms with Crippen LogP contribution in [-0.4, -0.2) is 51.9 Å². The van der Waals surface area contributed by atoms with Crippen molar-refractivity contribution in [3.63, 3.8) is 0 Å². The van der Waals surface area contributed by atoms with Crippen LogP contribution in [0, 0.1) is 18.8 Å². The van der Waals surface area contributed by atoms with Gasteiger partial charge in [-0.3, -0.25) is 14.4 Å². The molecule has 6 heteroatoms. The Hall–Kier alpha value is -2.18. The Morgan fingerprint density at radius 1 is 1.38 bits per heavy atom. The molecule has 3 aliphatic heterocycles. The van der Waals surface area contributed by atoms with Crippen LogP contribution in [0.3, 0.4) is 0 Å². The van der Waals surface area contributed by atoms with Gasteiger partial charge in [0.1, 0.15) is 0 Å². The predicted octanol–water partition coefficient (Wildman–Crippen LogP) is 2.07. The molecule has 5 rings (SSSR count). The quantitative estimate of drug-likeness (QED) is 0.815. The Balaban J connectivity index is 1.20. The molecule has 1 aromatic carbocycles. The molecule has 6 nitrogen and oxygen atoms in total. The van der Waals surface area contributed by atoms with Gasteiger partial charge in [0, 0.05) is 56.8 Å². The van der Waals surface area contributed by atoms with Gasteiger partial charge in [-0.25, -0.2) is 0 Å². The summed E-state index contributed by atoms with van der Waals surface area (Å²) in [4.78, 5) is 15.1. The van der Waals surface area contributed by atoms with E-state index in [0.717, 1.165) is 44.6 Å². The lowest BCUT2D eigenvalue weighted by Gasteiger charge is -2.29. The van der Waals surface area contributed by atoms with E-state index in [1.165, 1.54) is 11.1 Å². The summed E-state index contributed by atoms with van der Waals surface area (Å²) in [6.07, 6.45) is 7.07. The maximum Gasteiger partial charge on any atom is 0.224 e. The van der Waals surface area contributed by atoms with Crippen molar-refractivity contribution >= 4 is 5.91 Å². The van der Waals surface area contributed by atoms with Crippen molar-refractivity contribution in [3.05, 3.63) is 53.3 Å². The maximum atomic E-state index is 12.6. The normalized spacial score (nSPS) is 30.6. The summed E-state index contributed by atoms with van der Waals surface area (Å²) >= 11 is 0. The van der Waals surface area contributed by atoms with Crippen molar-refractivity contribution in [1.82, 2.24) is 20.0 Å². The summed E-state index contributed by atoms with van der Waals surface area (Å²) in [6, 6.07) is 8.11. The molecule has 1 amide bonds. The van der Waals surface area contributed by atoms with E-state index in [1.807, 2.05) is 36.1 Å². The lowest BCUT2D eigenvalue weighted by atomic mass is 9.73. The zero-order valence-corrected chi connectivity index (χ0v) is 17.3. The minimum Gasteiger partial charge on any atom is -0.370 e. The zero-order chi connectivity index (χ0) is 20.0. The average Bonchev–Trinajstić information content (AvgIpc) is 3.43. The standard InChI is InChI=1S/C23H30N4O2/c1-16-5-3-4-6-18(16)9-22(28)24-11-19-20-14-27(13-17-10-25-26(2)12-17)15-23(20)8-7-21(19)29-23/h3-6,10,12,19-21H,7-9,11,13-15H2,1-2H3,(H,24,28)/t19-,20+,21+,23+/m0/s1. The second-order valence-electron chi connectivity index (χ2n) is 9.13. The first-order valence-electron chi connectivity index (χ1n) is 10.7. The number of carbonyl (C=O) groups is 1. The average molecular weight is 395 g/mol. The number of benzene rings is 1. The number of hydrogen-bond acceptors (Lipinski definition) is 4. The predicted molar refractivity (Wildman–Crippen MR) is 110 cm³/mol. The maximum absolute atomic E-state index is 12.6. The molecule has 4 atom stereocenters. The number of nitrogens with zero attached hydrogens (tertiary/aromatic N) is 3. The largest absolute Gasteiger partial charge is 0.370 e. The van der Waals surface area contributed by atoms with Crippen LogP contribution in [0.2, 0.25) is 0 Å². The fourth-order valence-corrected chi connectivity index (χ4v) is 5.77. The summed E-state index contributed by atoms with van der Waals surface area (Å²) in [5, 5.41) is 7.50. The molecule has 4 heterocycles. The highest BCUT2D eigenvalue weighted by Gasteiger charge is 2.62. The number of nitrogens with one attached hydrogen (secondary N) is 1. The monoisotopic (exact) mass is 394 g/mol. The van der Waals surface area contributed by atoms with E-state index >= 15 is 0 Å². The van der Waals surface area contributed by atoms with Gasteiger partial charge < -0.3 is 10.1 Å². The van der Waals surface area contributed by atoms with Crippen LogP contribution >= 0.6 is 0 Å². The lowest BCUT2D eigenvalue weighted by molar-refractivity contribution is -0.120. The number of aromatic nitrogens is 2. The van der Waals surface area contributed by atoms with Crippen LogP contribution in [0.4, 0.5) is 0 Å². The molecule has 3 fully saturated rings. The molecule has 1 spiro atoms. The minimum absolute atomic E-state index is 0.00170. The van der Waals surface area contributed by atoms with Crippen molar-refractivity contribution in [2.24, 2.45) is 18.9 Å². The van der Waals surface area contributed by atoms with Crippen LogP contribution in [-0.2, 0) is 29.5 Å². The number of ether oxygens (including phenoxy) is 1. The summed E-state index contributed by atoms with van der Waals surface area (Å²) in [5.74, 6) is 1.04. The minimum atomic E-state index is -0.00170. The van der Waals surface area contributed by atoms with Gasteiger partial charge in [-0.05, 0) is 30.9 Å². The highest BCUT2D eigenvalue weighted by molar-refractivity contribution is 5.78. The Kier molecular flexibility index (Phi) is 4.71. The summed E-state index contributed by atoms with van der Waals surface area (Å²) in [5.41, 5.74) is 3.53. The molecule has 3 saturated heterocycles. The second-order valence-corrected chi connectivity index (χ2v) is 9.13. The Labute approximate surface area is 172 Å². The third kappa shape index (κ3) is 3.49. The molecule has 2 bridgehead atoms. The number of hydrogen-bond donors (Lipinski definition) is 1. The van der Waals surface area contributed by atoms with Crippen molar-refractivity contribution in [1.29, 1.82) is 0 Å². The second kappa shape index (κ2) is 7.26. The first-order valence-corrected chi connectivity index (χ1v) is 10.7. The number of amides is 1. The third-order valence-electron chi connectivity index (χ3n) is 7.17. The fraction of sp³-hybridized carbons (Fsp3) is 0.565. The SMILES string of the molecule is Cc1ccccc1CC(=O)NC[C@H]1[C@H]2CN(Cc3cnn(C)c3)C[C@]23CC[C@H]1O3. The molecule has 0 aliphatic carbocycles. The van der Waals surface area contributed by atoms with E-state index in [1.54, 1.807) is 0 Å². The van der Waals surface area contributed by atoms with Crippen LogP contribution in [0.15, 0.2) is 36.7 Å². The van der Waals surface area contributed by atoms with E-state index in [-0.39, 0.29) is 11.5 Å². The van der Waals surface area contributed by atoms with Gasteiger partial charge in [0.15, 0.2) is 0 Å². The Morgan fingerprint density at radius 2 is 2.24 bits per heavy atom. The van der Waals surface area contributed by atoms with E-state index in [2.05, 4.69) is 34.5 Å². The molecule has 0 unspecified atom stereocenters. The summed E-state index contributed by atoms with van der Waals surface area (Å²) in [7, 11) is 1.96. The van der Waals surface area contributed by atoms with Crippen LogP contribution < -0.4 is 5.32 Å². The lowest BCUT2D eigenvalue weighted by Crippen LogP contribution is -2.42. The highest BCUT2D eigenvalue weighted by Crippen LogP contribution is 2.54.